The highest BCUT2D eigenvalue weighted by Crippen LogP contribution is 2.11. The van der Waals surface area contributed by atoms with Crippen molar-refractivity contribution in [2.75, 3.05) is 0 Å². The van der Waals surface area contributed by atoms with Crippen molar-refractivity contribution in [2.24, 2.45) is 0 Å². The van der Waals surface area contributed by atoms with Gasteiger partial charge < -0.3 is 0 Å². The highest BCUT2D eigenvalue weighted by molar-refractivity contribution is 9.11. The van der Waals surface area contributed by atoms with E-state index < -0.39 is 17.4 Å². The molecule has 0 N–H and O–H groups in total. The summed E-state index contributed by atoms with van der Waals surface area (Å²) in [6, 6.07) is 0. The summed E-state index contributed by atoms with van der Waals surface area (Å²) in [5, 5.41) is -1.94. The van der Waals surface area contributed by atoms with Crippen molar-refractivity contribution in [2.45, 2.75) is 0 Å². The average molecular weight is 259 g/mol. The normalized spacial score (nSPS) is 7.55. The first-order valence-corrected chi connectivity index (χ1v) is 3.18. The van der Waals surface area contributed by atoms with Crippen LogP contribution in [0.3, 0.4) is 0 Å². The van der Waals surface area contributed by atoms with E-state index in [1.165, 1.54) is 0 Å². The summed E-state index contributed by atoms with van der Waals surface area (Å²) in [6.07, 6.45) is -4.18. The van der Waals surface area contributed by atoms with Crippen LogP contribution in [0, 0.1) is 0 Å². The summed E-state index contributed by atoms with van der Waals surface area (Å²) in [5.41, 5.74) is 0. The summed E-state index contributed by atoms with van der Waals surface area (Å²) < 4.78 is 52.9. The first-order chi connectivity index (χ1) is 4.91. The van der Waals surface area contributed by atoms with Gasteiger partial charge in [0.15, 0.2) is 0 Å². The van der Waals surface area contributed by atoms with Gasteiger partial charge in [0.2, 0.25) is 0 Å². The van der Waals surface area contributed by atoms with E-state index in [0.29, 0.717) is 4.99 Å². The molecule has 0 heterocycles. The van der Waals surface area contributed by atoms with Gasteiger partial charge in [0, 0.05) is 4.99 Å². The zero-order valence-corrected chi connectivity index (χ0v) is 7.07. The van der Waals surface area contributed by atoms with Crippen molar-refractivity contribution >= 4 is 27.5 Å². The van der Waals surface area contributed by atoms with Gasteiger partial charge in [-0.25, -0.2) is 0 Å². The molecule has 0 saturated carbocycles. The molecule has 0 unspecified atom stereocenters. The highest BCUT2D eigenvalue weighted by Gasteiger charge is 1.95. The van der Waals surface area contributed by atoms with Crippen LogP contribution in [-0.4, -0.2) is 0 Å². The van der Waals surface area contributed by atoms with Gasteiger partial charge in [-0.05, 0) is 11.6 Å². The van der Waals surface area contributed by atoms with E-state index in [0.717, 1.165) is 0 Å². The fraction of sp³-hybridized carbons (Fsp3) is 0. The topological polar surface area (TPSA) is 0 Å². The maximum atomic E-state index is 10.7. The van der Waals surface area contributed by atoms with E-state index in [9.17, 15) is 22.0 Å². The van der Waals surface area contributed by atoms with Crippen LogP contribution in [0.4, 0.5) is 22.0 Å². The molecule has 0 spiro atoms. The van der Waals surface area contributed by atoms with Gasteiger partial charge in [0.05, 0.1) is 0 Å². The van der Waals surface area contributed by atoms with Crippen molar-refractivity contribution in [1.82, 2.24) is 0 Å². The molecule has 11 heavy (non-hydrogen) atoms. The molecule has 0 fully saturated rings. The second-order valence-corrected chi connectivity index (χ2v) is 1.71. The van der Waals surface area contributed by atoms with Crippen LogP contribution in [0.1, 0.15) is 0 Å². The molecule has 0 nitrogen and oxygen atoms in total. The number of halogens is 7. The Morgan fingerprint density at radius 3 is 1.27 bits per heavy atom. The Morgan fingerprint density at radius 1 is 1.09 bits per heavy atom. The molecular weight excluding hydrogens is 258 g/mol. The lowest BCUT2D eigenvalue weighted by atomic mass is 11.1. The van der Waals surface area contributed by atoms with Crippen molar-refractivity contribution in [3.63, 3.8) is 0 Å². The monoisotopic (exact) mass is 258 g/mol. The molecule has 0 saturated heterocycles. The van der Waals surface area contributed by atoms with Crippen molar-refractivity contribution < 1.29 is 22.0 Å². The predicted octanol–water partition coefficient (Wildman–Crippen LogP) is 4.38. The average Bonchev–Trinajstić information content (AvgIpc) is 1.89. The van der Waals surface area contributed by atoms with E-state index in [4.69, 9.17) is 0 Å². The Morgan fingerprint density at radius 2 is 1.27 bits per heavy atom. The predicted molar refractivity (Wildman–Crippen MR) is 35.4 cm³/mol. The minimum absolute atomic E-state index is 0.562. The summed E-state index contributed by atoms with van der Waals surface area (Å²) in [6.45, 7) is 0. The van der Waals surface area contributed by atoms with Crippen LogP contribution in [0.15, 0.2) is 22.4 Å². The van der Waals surface area contributed by atoms with Gasteiger partial charge in [0.1, 0.15) is 0 Å². The molecule has 0 rings (SSSR count). The molecule has 0 aliphatic rings. The molecular formula is C4HBrClF5. The smallest absolute Gasteiger partial charge is 0.188 e. The maximum absolute atomic E-state index is 10.7. The number of hydrogen-bond donors (Lipinski definition) is 0. The van der Waals surface area contributed by atoms with E-state index in [-0.39, 0.29) is 0 Å². The SMILES string of the molecule is FC(F)=C(F)Cl.FC(F)=CBr. The molecule has 0 atom stereocenters. The van der Waals surface area contributed by atoms with Crippen LogP contribution in [0.25, 0.3) is 0 Å². The lowest BCUT2D eigenvalue weighted by Gasteiger charge is -1.70. The fourth-order valence-electron chi connectivity index (χ4n) is 0. The van der Waals surface area contributed by atoms with E-state index in [1.54, 1.807) is 0 Å². The Bertz CT molecular complexity index is 144. The first-order valence-electron chi connectivity index (χ1n) is 1.89. The third kappa shape index (κ3) is 17.7. The molecule has 0 aromatic carbocycles. The van der Waals surface area contributed by atoms with Crippen LogP contribution >= 0.6 is 27.5 Å². The second-order valence-electron chi connectivity index (χ2n) is 0.920. The first kappa shape index (κ1) is 13.5. The summed E-state index contributed by atoms with van der Waals surface area (Å²) in [5.74, 6) is 0. The second kappa shape index (κ2) is 8.00. The van der Waals surface area contributed by atoms with Crippen LogP contribution in [0.2, 0.25) is 0 Å². The van der Waals surface area contributed by atoms with Gasteiger partial charge in [-0.3, -0.25) is 0 Å². The summed E-state index contributed by atoms with van der Waals surface area (Å²) >= 11 is 6.48. The standard InChI is InChI=1S/C2HBrF2.C2ClF3/c3-1-2(4)5;3-1(4)2(5)6/h1H;. The van der Waals surface area contributed by atoms with Gasteiger partial charge in [-0.2, -0.15) is 22.0 Å². The molecule has 0 amide bonds. The fourth-order valence-corrected chi connectivity index (χ4v) is 0. The molecule has 66 valence electrons. The van der Waals surface area contributed by atoms with E-state index >= 15 is 0 Å². The molecule has 0 bridgehead atoms. The molecule has 7 heteroatoms. The van der Waals surface area contributed by atoms with E-state index in [1.807, 2.05) is 0 Å². The Kier molecular flexibility index (Phi) is 9.81. The molecule has 0 aromatic rings. The third-order valence-electron chi connectivity index (χ3n) is 0.225. The van der Waals surface area contributed by atoms with Crippen LogP contribution in [0.5, 0.6) is 0 Å². The van der Waals surface area contributed by atoms with Gasteiger partial charge in [0.25, 0.3) is 11.4 Å². The van der Waals surface area contributed by atoms with Gasteiger partial charge in [-0.15, -0.1) is 0 Å². The third-order valence-corrected chi connectivity index (χ3v) is 0.714. The molecule has 0 aliphatic heterocycles. The number of hydrogen-bond acceptors (Lipinski definition) is 0. The maximum Gasteiger partial charge on any atom is 0.317 e. The highest BCUT2D eigenvalue weighted by atomic mass is 79.9. The van der Waals surface area contributed by atoms with Crippen molar-refractivity contribution in [3.05, 3.63) is 22.4 Å². The minimum atomic E-state index is -2.48. The number of rotatable bonds is 0. The van der Waals surface area contributed by atoms with Crippen LogP contribution in [-0.2, 0) is 0 Å². The van der Waals surface area contributed by atoms with Crippen LogP contribution < -0.4 is 0 Å². The zero-order chi connectivity index (χ0) is 9.44. The molecule has 0 aromatic heterocycles. The van der Waals surface area contributed by atoms with Gasteiger partial charge >= 0.3 is 6.08 Å². The lowest BCUT2D eigenvalue weighted by Crippen LogP contribution is -1.54. The van der Waals surface area contributed by atoms with Crippen molar-refractivity contribution in [1.29, 1.82) is 0 Å². The molecule has 0 aliphatic carbocycles. The molecule has 0 radical (unpaired) electrons. The van der Waals surface area contributed by atoms with Crippen molar-refractivity contribution in [3.8, 4) is 0 Å². The summed E-state index contributed by atoms with van der Waals surface area (Å²) in [7, 11) is 0. The minimum Gasteiger partial charge on any atom is -0.188 e. The Hall–Kier alpha value is -0.100. The largest absolute Gasteiger partial charge is 0.317 e. The summed E-state index contributed by atoms with van der Waals surface area (Å²) in [4.78, 5) is 0.562. The Balaban J connectivity index is 0. The van der Waals surface area contributed by atoms with Gasteiger partial charge in [-0.1, -0.05) is 15.9 Å². The quantitative estimate of drug-likeness (QED) is 0.566. The van der Waals surface area contributed by atoms with E-state index in [2.05, 4.69) is 27.5 Å². The Labute approximate surface area is 72.5 Å². The zero-order valence-electron chi connectivity index (χ0n) is 4.72. The lowest BCUT2D eigenvalue weighted by molar-refractivity contribution is 0.393.